The Morgan fingerprint density at radius 3 is 2.30 bits per heavy atom. The van der Waals surface area contributed by atoms with Crippen molar-refractivity contribution in [2.75, 3.05) is 0 Å². The van der Waals surface area contributed by atoms with Crippen molar-refractivity contribution in [3.05, 3.63) is 84.9 Å². The van der Waals surface area contributed by atoms with Crippen LogP contribution in [0.5, 0.6) is 0 Å². The summed E-state index contributed by atoms with van der Waals surface area (Å²) in [4.78, 5) is 8.84. The maximum absolute atomic E-state index is 4.74. The molecule has 1 heterocycles. The third kappa shape index (κ3) is 3.01. The van der Waals surface area contributed by atoms with E-state index in [1.165, 1.54) is 5.56 Å². The lowest BCUT2D eigenvalue weighted by molar-refractivity contribution is 1.07. The fraction of sp³-hybridized carbons (Fsp3) is 0.0588. The van der Waals surface area contributed by atoms with Crippen LogP contribution in [0.25, 0.3) is 0 Å². The summed E-state index contributed by atoms with van der Waals surface area (Å²) in [5.74, 6) is 0.958. The molecular weight excluding hydrogens is 246 g/mol. The smallest absolute Gasteiger partial charge is 0.119 e. The Kier molecular flexibility index (Phi) is 3.69. The van der Waals surface area contributed by atoms with Gasteiger partial charge in [-0.3, -0.25) is 4.57 Å². The molecule has 20 heavy (non-hydrogen) atoms. The first-order chi connectivity index (χ1) is 9.92. The van der Waals surface area contributed by atoms with Crippen LogP contribution in [0.2, 0.25) is 0 Å². The molecule has 1 aromatic heterocycles. The first kappa shape index (κ1) is 12.4. The van der Waals surface area contributed by atoms with Crippen molar-refractivity contribution in [1.82, 2.24) is 9.55 Å². The zero-order valence-corrected chi connectivity index (χ0v) is 11.1. The summed E-state index contributed by atoms with van der Waals surface area (Å²) in [7, 11) is 0. The SMILES string of the molecule is c1ccc(CC(=Nc2ccccc2)n2ccnc2)cc1. The molecule has 0 atom stereocenters. The first-order valence-corrected chi connectivity index (χ1v) is 6.57. The van der Waals surface area contributed by atoms with Gasteiger partial charge in [0.1, 0.15) is 12.2 Å². The van der Waals surface area contributed by atoms with Crippen LogP contribution in [0.15, 0.2) is 84.4 Å². The van der Waals surface area contributed by atoms with Gasteiger partial charge in [0.2, 0.25) is 0 Å². The quantitative estimate of drug-likeness (QED) is 0.522. The first-order valence-electron chi connectivity index (χ1n) is 6.57. The van der Waals surface area contributed by atoms with E-state index in [0.717, 1.165) is 17.9 Å². The van der Waals surface area contributed by atoms with Gasteiger partial charge in [-0.15, -0.1) is 0 Å². The Morgan fingerprint density at radius 1 is 0.950 bits per heavy atom. The summed E-state index contributed by atoms with van der Waals surface area (Å²) in [5.41, 5.74) is 2.18. The van der Waals surface area contributed by atoms with Gasteiger partial charge in [-0.25, -0.2) is 9.98 Å². The molecule has 3 nitrogen and oxygen atoms in total. The molecular formula is C17H15N3. The molecule has 0 aliphatic heterocycles. The molecule has 0 spiro atoms. The summed E-state index contributed by atoms with van der Waals surface area (Å²) in [6, 6.07) is 20.3. The van der Waals surface area contributed by atoms with Gasteiger partial charge >= 0.3 is 0 Å². The maximum Gasteiger partial charge on any atom is 0.119 e. The Morgan fingerprint density at radius 2 is 1.65 bits per heavy atom. The Bertz CT molecular complexity index is 671. The minimum atomic E-state index is 0.770. The summed E-state index contributed by atoms with van der Waals surface area (Å²) in [6.45, 7) is 0. The topological polar surface area (TPSA) is 30.2 Å². The molecule has 0 amide bonds. The molecule has 98 valence electrons. The minimum Gasteiger partial charge on any atom is -0.294 e. The summed E-state index contributed by atoms with van der Waals surface area (Å²) >= 11 is 0. The second-order valence-corrected chi connectivity index (χ2v) is 4.50. The molecule has 0 bridgehead atoms. The van der Waals surface area contributed by atoms with E-state index in [1.54, 1.807) is 12.5 Å². The second-order valence-electron chi connectivity index (χ2n) is 4.50. The van der Waals surface area contributed by atoms with Gasteiger partial charge in [0.25, 0.3) is 0 Å². The zero-order valence-electron chi connectivity index (χ0n) is 11.1. The van der Waals surface area contributed by atoms with Gasteiger partial charge in [-0.1, -0.05) is 48.5 Å². The lowest BCUT2D eigenvalue weighted by atomic mass is 10.1. The van der Waals surface area contributed by atoms with Crippen LogP contribution in [-0.2, 0) is 6.42 Å². The van der Waals surface area contributed by atoms with Crippen LogP contribution in [0.3, 0.4) is 0 Å². The number of hydrogen-bond donors (Lipinski definition) is 0. The Hall–Kier alpha value is -2.68. The summed E-state index contributed by atoms with van der Waals surface area (Å²) in [6.07, 6.45) is 6.24. The number of benzene rings is 2. The van der Waals surface area contributed by atoms with Crippen molar-refractivity contribution < 1.29 is 0 Å². The molecule has 3 rings (SSSR count). The lowest BCUT2D eigenvalue weighted by Crippen LogP contribution is -2.13. The van der Waals surface area contributed by atoms with Crippen molar-refractivity contribution in [2.24, 2.45) is 4.99 Å². The Labute approximate surface area is 118 Å². The molecule has 0 radical (unpaired) electrons. The molecule has 3 aromatic rings. The number of rotatable bonds is 3. The molecule has 2 aromatic carbocycles. The number of nitrogens with zero attached hydrogens (tertiary/aromatic N) is 3. The van der Waals surface area contributed by atoms with Crippen molar-refractivity contribution >= 4 is 11.5 Å². The molecule has 0 aliphatic carbocycles. The van der Waals surface area contributed by atoms with Crippen molar-refractivity contribution in [2.45, 2.75) is 6.42 Å². The van der Waals surface area contributed by atoms with Gasteiger partial charge in [-0.2, -0.15) is 0 Å². The van der Waals surface area contributed by atoms with Crippen molar-refractivity contribution in [1.29, 1.82) is 0 Å². The van der Waals surface area contributed by atoms with Crippen LogP contribution >= 0.6 is 0 Å². The number of hydrogen-bond acceptors (Lipinski definition) is 2. The van der Waals surface area contributed by atoms with Crippen LogP contribution in [0.1, 0.15) is 5.56 Å². The highest BCUT2D eigenvalue weighted by molar-refractivity contribution is 5.88. The molecule has 0 saturated carbocycles. The number of aliphatic imine (C=N–C) groups is 1. The third-order valence-electron chi connectivity index (χ3n) is 3.02. The summed E-state index contributed by atoms with van der Waals surface area (Å²) < 4.78 is 1.96. The highest BCUT2D eigenvalue weighted by atomic mass is 15.1. The predicted molar refractivity (Wildman–Crippen MR) is 81.3 cm³/mol. The Balaban J connectivity index is 1.95. The van der Waals surface area contributed by atoms with Crippen LogP contribution in [0, 0.1) is 0 Å². The molecule has 0 aliphatic rings. The third-order valence-corrected chi connectivity index (χ3v) is 3.02. The predicted octanol–water partition coefficient (Wildman–Crippen LogP) is 3.70. The van der Waals surface area contributed by atoms with E-state index in [-0.39, 0.29) is 0 Å². The standard InChI is InChI=1S/C17H15N3/c1-3-7-15(8-4-1)13-17(20-12-11-18-14-20)19-16-9-5-2-6-10-16/h1-12,14H,13H2. The van der Waals surface area contributed by atoms with Crippen molar-refractivity contribution in [3.63, 3.8) is 0 Å². The van der Waals surface area contributed by atoms with E-state index >= 15 is 0 Å². The van der Waals surface area contributed by atoms with E-state index in [1.807, 2.05) is 59.3 Å². The van der Waals surface area contributed by atoms with Crippen LogP contribution in [0.4, 0.5) is 5.69 Å². The summed E-state index contributed by atoms with van der Waals surface area (Å²) in [5, 5.41) is 0. The zero-order chi connectivity index (χ0) is 13.6. The maximum atomic E-state index is 4.74. The molecule has 0 unspecified atom stereocenters. The van der Waals surface area contributed by atoms with Crippen LogP contribution in [-0.4, -0.2) is 15.4 Å². The van der Waals surface area contributed by atoms with E-state index < -0.39 is 0 Å². The van der Waals surface area contributed by atoms with E-state index in [4.69, 9.17) is 4.99 Å². The molecule has 0 saturated heterocycles. The van der Waals surface area contributed by atoms with Gasteiger partial charge in [0, 0.05) is 18.8 Å². The monoisotopic (exact) mass is 261 g/mol. The van der Waals surface area contributed by atoms with E-state index in [2.05, 4.69) is 17.1 Å². The van der Waals surface area contributed by atoms with Gasteiger partial charge < -0.3 is 0 Å². The highest BCUT2D eigenvalue weighted by Gasteiger charge is 2.04. The van der Waals surface area contributed by atoms with Crippen molar-refractivity contribution in [3.8, 4) is 0 Å². The molecule has 0 N–H and O–H groups in total. The van der Waals surface area contributed by atoms with E-state index in [9.17, 15) is 0 Å². The fourth-order valence-corrected chi connectivity index (χ4v) is 2.03. The van der Waals surface area contributed by atoms with Gasteiger partial charge in [0.05, 0.1) is 5.69 Å². The largest absolute Gasteiger partial charge is 0.294 e. The average Bonchev–Trinajstić information content (AvgIpc) is 3.03. The number of para-hydroxylation sites is 1. The van der Waals surface area contributed by atoms with E-state index in [0.29, 0.717) is 0 Å². The second kappa shape index (κ2) is 5.97. The van der Waals surface area contributed by atoms with Gasteiger partial charge in [-0.05, 0) is 17.7 Å². The fourth-order valence-electron chi connectivity index (χ4n) is 2.03. The van der Waals surface area contributed by atoms with Crippen LogP contribution < -0.4 is 0 Å². The lowest BCUT2D eigenvalue weighted by Gasteiger charge is -2.08. The molecule has 0 fully saturated rings. The normalized spacial score (nSPS) is 11.5. The molecule has 3 heteroatoms. The average molecular weight is 261 g/mol. The highest BCUT2D eigenvalue weighted by Crippen LogP contribution is 2.13. The number of imidazole rings is 1. The number of aromatic nitrogens is 2. The minimum absolute atomic E-state index is 0.770. The van der Waals surface area contributed by atoms with Gasteiger partial charge in [0.15, 0.2) is 0 Å².